The van der Waals surface area contributed by atoms with Gasteiger partial charge in [0.15, 0.2) is 5.82 Å². The molecule has 0 unspecified atom stereocenters. The fourth-order valence-electron chi connectivity index (χ4n) is 3.57. The minimum atomic E-state index is 0.0562. The van der Waals surface area contributed by atoms with Crippen molar-refractivity contribution in [2.75, 3.05) is 13.1 Å². The van der Waals surface area contributed by atoms with Gasteiger partial charge in [-0.25, -0.2) is 4.68 Å². The molecule has 7 nitrogen and oxygen atoms in total. The number of piperidine rings is 1. The Hall–Kier alpha value is -3.22. The summed E-state index contributed by atoms with van der Waals surface area (Å²) in [7, 11) is 0. The van der Waals surface area contributed by atoms with E-state index in [0.29, 0.717) is 18.1 Å². The maximum absolute atomic E-state index is 12.5. The van der Waals surface area contributed by atoms with Crippen LogP contribution in [-0.4, -0.2) is 50.0 Å². The van der Waals surface area contributed by atoms with Crippen molar-refractivity contribution in [2.45, 2.75) is 38.7 Å². The number of benzene rings is 1. The summed E-state index contributed by atoms with van der Waals surface area (Å²) in [6.45, 7) is 3.51. The van der Waals surface area contributed by atoms with E-state index in [4.69, 9.17) is 4.74 Å². The summed E-state index contributed by atoms with van der Waals surface area (Å²) in [6, 6.07) is 13.8. The summed E-state index contributed by atoms with van der Waals surface area (Å²) in [5.41, 5.74) is 2.45. The standard InChI is InChI=1S/C22H25N5O2/c1-17-4-2-5-18(16-17)6-9-22(28)26-14-10-19(11-15-26)29-21-8-7-20(24-25-21)27-13-3-12-23-27/h2-5,7-8,12-13,16,19H,6,9-11,14-15H2,1H3. The van der Waals surface area contributed by atoms with Crippen LogP contribution in [0.2, 0.25) is 0 Å². The number of aromatic nitrogens is 4. The van der Waals surface area contributed by atoms with Crippen LogP contribution in [0.5, 0.6) is 5.88 Å². The largest absolute Gasteiger partial charge is 0.473 e. The topological polar surface area (TPSA) is 73.1 Å². The number of carbonyl (C=O) groups is 1. The normalized spacial score (nSPS) is 14.7. The number of aryl methyl sites for hydroxylation is 2. The van der Waals surface area contributed by atoms with Gasteiger partial charge in [0.25, 0.3) is 0 Å². The van der Waals surface area contributed by atoms with E-state index in [1.807, 2.05) is 35.4 Å². The van der Waals surface area contributed by atoms with Gasteiger partial charge in [-0.2, -0.15) is 5.10 Å². The van der Waals surface area contributed by atoms with Crippen LogP contribution in [-0.2, 0) is 11.2 Å². The molecule has 150 valence electrons. The Morgan fingerprint density at radius 2 is 2.00 bits per heavy atom. The highest BCUT2D eigenvalue weighted by Crippen LogP contribution is 2.18. The zero-order valence-corrected chi connectivity index (χ0v) is 16.6. The van der Waals surface area contributed by atoms with Crippen molar-refractivity contribution in [3.63, 3.8) is 0 Å². The molecule has 0 bridgehead atoms. The first kappa shape index (κ1) is 19.1. The highest BCUT2D eigenvalue weighted by Gasteiger charge is 2.24. The molecule has 0 radical (unpaired) electrons. The molecule has 29 heavy (non-hydrogen) atoms. The Morgan fingerprint density at radius 1 is 1.14 bits per heavy atom. The monoisotopic (exact) mass is 391 g/mol. The van der Waals surface area contributed by atoms with Crippen LogP contribution in [0.4, 0.5) is 0 Å². The van der Waals surface area contributed by atoms with Crippen LogP contribution in [0.3, 0.4) is 0 Å². The summed E-state index contributed by atoms with van der Waals surface area (Å²) in [5.74, 6) is 1.37. The molecule has 0 spiro atoms. The average Bonchev–Trinajstić information content (AvgIpc) is 3.28. The second-order valence-electron chi connectivity index (χ2n) is 7.37. The van der Waals surface area contributed by atoms with Crippen molar-refractivity contribution in [1.29, 1.82) is 0 Å². The van der Waals surface area contributed by atoms with Crippen LogP contribution >= 0.6 is 0 Å². The summed E-state index contributed by atoms with van der Waals surface area (Å²) in [4.78, 5) is 14.5. The minimum Gasteiger partial charge on any atom is -0.473 e. The number of ether oxygens (including phenoxy) is 1. The lowest BCUT2D eigenvalue weighted by Gasteiger charge is -2.32. The second kappa shape index (κ2) is 8.86. The fraction of sp³-hybridized carbons (Fsp3) is 0.364. The van der Waals surface area contributed by atoms with Crippen LogP contribution in [0.25, 0.3) is 5.82 Å². The third-order valence-electron chi connectivity index (χ3n) is 5.16. The van der Waals surface area contributed by atoms with E-state index in [1.54, 1.807) is 10.9 Å². The van der Waals surface area contributed by atoms with Crippen LogP contribution < -0.4 is 4.74 Å². The number of hydrogen-bond donors (Lipinski definition) is 0. The van der Waals surface area contributed by atoms with Crippen LogP contribution in [0.1, 0.15) is 30.4 Å². The van der Waals surface area contributed by atoms with Crippen LogP contribution in [0, 0.1) is 6.92 Å². The first-order valence-corrected chi connectivity index (χ1v) is 10.0. The van der Waals surface area contributed by atoms with E-state index >= 15 is 0 Å². The van der Waals surface area contributed by atoms with E-state index in [9.17, 15) is 4.79 Å². The molecular formula is C22H25N5O2. The summed E-state index contributed by atoms with van der Waals surface area (Å²) < 4.78 is 7.61. The predicted octanol–water partition coefficient (Wildman–Crippen LogP) is 2.97. The van der Waals surface area contributed by atoms with Gasteiger partial charge in [-0.1, -0.05) is 29.8 Å². The average molecular weight is 391 g/mol. The van der Waals surface area contributed by atoms with Crippen LogP contribution in [0.15, 0.2) is 54.9 Å². The fourth-order valence-corrected chi connectivity index (χ4v) is 3.57. The van der Waals surface area contributed by atoms with Crippen molar-refractivity contribution in [3.05, 3.63) is 66.0 Å². The van der Waals surface area contributed by atoms with Crippen molar-refractivity contribution in [3.8, 4) is 11.7 Å². The highest BCUT2D eigenvalue weighted by atomic mass is 16.5. The first-order chi connectivity index (χ1) is 14.2. The highest BCUT2D eigenvalue weighted by molar-refractivity contribution is 5.76. The van der Waals surface area contributed by atoms with Gasteiger partial charge in [0.1, 0.15) is 6.10 Å². The van der Waals surface area contributed by atoms with Crippen molar-refractivity contribution in [1.82, 2.24) is 24.9 Å². The number of likely N-dealkylation sites (tertiary alicyclic amines) is 1. The number of hydrogen-bond acceptors (Lipinski definition) is 5. The quantitative estimate of drug-likeness (QED) is 0.646. The molecule has 4 rings (SSSR count). The number of amides is 1. The maximum Gasteiger partial charge on any atom is 0.233 e. The van der Waals surface area contributed by atoms with Crippen molar-refractivity contribution in [2.24, 2.45) is 0 Å². The van der Waals surface area contributed by atoms with Crippen molar-refractivity contribution < 1.29 is 9.53 Å². The molecule has 1 saturated heterocycles. The Balaban J connectivity index is 1.23. The molecule has 1 aromatic carbocycles. The molecular weight excluding hydrogens is 366 g/mol. The van der Waals surface area contributed by atoms with Gasteiger partial charge in [-0.15, -0.1) is 10.2 Å². The lowest BCUT2D eigenvalue weighted by atomic mass is 10.0. The second-order valence-corrected chi connectivity index (χ2v) is 7.37. The Kier molecular flexibility index (Phi) is 5.84. The molecule has 1 aliphatic rings. The minimum absolute atomic E-state index is 0.0562. The number of nitrogens with zero attached hydrogens (tertiary/aromatic N) is 5. The van der Waals surface area contributed by atoms with Gasteiger partial charge in [0.2, 0.25) is 11.8 Å². The SMILES string of the molecule is Cc1cccc(CCC(=O)N2CCC(Oc3ccc(-n4cccn4)nn3)CC2)c1. The predicted molar refractivity (Wildman–Crippen MR) is 109 cm³/mol. The molecule has 1 fully saturated rings. The van der Waals surface area contributed by atoms with Crippen molar-refractivity contribution >= 4 is 5.91 Å². The molecule has 7 heteroatoms. The third-order valence-corrected chi connectivity index (χ3v) is 5.16. The van der Waals surface area contributed by atoms with E-state index < -0.39 is 0 Å². The lowest BCUT2D eigenvalue weighted by Crippen LogP contribution is -2.42. The zero-order chi connectivity index (χ0) is 20.1. The Labute approximate surface area is 170 Å². The molecule has 3 heterocycles. The smallest absolute Gasteiger partial charge is 0.233 e. The molecule has 2 aromatic heterocycles. The number of carbonyl (C=O) groups excluding carboxylic acids is 1. The number of rotatable bonds is 6. The first-order valence-electron chi connectivity index (χ1n) is 10.0. The summed E-state index contributed by atoms with van der Waals surface area (Å²) in [6.07, 6.45) is 6.51. The molecule has 0 saturated carbocycles. The Morgan fingerprint density at radius 3 is 2.69 bits per heavy atom. The zero-order valence-electron chi connectivity index (χ0n) is 16.6. The van der Waals surface area contributed by atoms with Gasteiger partial charge >= 0.3 is 0 Å². The van der Waals surface area contributed by atoms with E-state index in [1.165, 1.54) is 11.1 Å². The van der Waals surface area contributed by atoms with Gasteiger partial charge in [0, 0.05) is 50.8 Å². The summed E-state index contributed by atoms with van der Waals surface area (Å²) in [5, 5.41) is 12.4. The van der Waals surface area contributed by atoms with E-state index in [0.717, 1.165) is 32.4 Å². The van der Waals surface area contributed by atoms with E-state index in [-0.39, 0.29) is 12.0 Å². The molecule has 0 N–H and O–H groups in total. The van der Waals surface area contributed by atoms with Gasteiger partial charge in [-0.3, -0.25) is 4.79 Å². The summed E-state index contributed by atoms with van der Waals surface area (Å²) >= 11 is 0. The third kappa shape index (κ3) is 4.99. The van der Waals surface area contributed by atoms with Gasteiger partial charge in [0.05, 0.1) is 0 Å². The Bertz CT molecular complexity index is 932. The van der Waals surface area contributed by atoms with Gasteiger partial charge < -0.3 is 9.64 Å². The molecule has 3 aromatic rings. The molecule has 0 aliphatic carbocycles. The maximum atomic E-state index is 12.5. The molecule has 0 atom stereocenters. The van der Waals surface area contributed by atoms with Gasteiger partial charge in [-0.05, 0) is 31.0 Å². The molecule has 1 aliphatic heterocycles. The molecule has 1 amide bonds. The van der Waals surface area contributed by atoms with E-state index in [2.05, 4.69) is 40.4 Å². The lowest BCUT2D eigenvalue weighted by molar-refractivity contribution is -0.132.